The largest absolute Gasteiger partial charge is 0.522 e. The SMILES string of the molecule is C/C=C\CC/C=C(\C)SCCCNC.CC.CCCC(=O)O.COC(F)(F)F. The minimum Gasteiger partial charge on any atom is -0.481 e. The van der Waals surface area contributed by atoms with Crippen LogP contribution in [0.3, 0.4) is 0 Å². The standard InChI is InChI=1S/C12H23NS.C4H8O2.C2H3F3O.C2H6/c1-4-5-6-7-9-12(2)14-11-8-10-13-3;1-2-3-4(5)6;1-6-2(3,4)5;1-2/h4-5,9,13H,6-8,10-11H2,1-3H3;2-3H2,1H3,(H,5,6);1H3;1-2H3/b5-4-,12-9+;;;. The van der Waals surface area contributed by atoms with Crippen molar-refractivity contribution in [3.05, 3.63) is 23.1 Å². The number of halogens is 3. The summed E-state index contributed by atoms with van der Waals surface area (Å²) < 4.78 is 34.6. The lowest BCUT2D eigenvalue weighted by molar-refractivity contribution is -0.311. The Morgan fingerprint density at radius 1 is 1.25 bits per heavy atom. The lowest BCUT2D eigenvalue weighted by Crippen LogP contribution is -2.08. The zero-order valence-corrected chi connectivity index (χ0v) is 19.3. The van der Waals surface area contributed by atoms with Gasteiger partial charge in [0, 0.05) is 13.5 Å². The van der Waals surface area contributed by atoms with Gasteiger partial charge >= 0.3 is 12.3 Å². The third-order valence-corrected chi connectivity index (χ3v) is 3.71. The summed E-state index contributed by atoms with van der Waals surface area (Å²) in [6.45, 7) is 11.2. The van der Waals surface area contributed by atoms with Crippen molar-refractivity contribution in [1.29, 1.82) is 0 Å². The Morgan fingerprint density at radius 2 is 1.79 bits per heavy atom. The van der Waals surface area contributed by atoms with Gasteiger partial charge in [0.25, 0.3) is 0 Å². The molecule has 0 aliphatic carbocycles. The molecular formula is C20H40F3NO3S. The predicted octanol–water partition coefficient (Wildman–Crippen LogP) is 6.64. The van der Waals surface area contributed by atoms with E-state index in [0.717, 1.165) is 13.0 Å². The van der Waals surface area contributed by atoms with E-state index in [4.69, 9.17) is 5.11 Å². The summed E-state index contributed by atoms with van der Waals surface area (Å²) in [6.07, 6.45) is 6.83. The van der Waals surface area contributed by atoms with Gasteiger partial charge in [-0.1, -0.05) is 39.0 Å². The molecule has 0 saturated heterocycles. The molecule has 2 N–H and O–H groups in total. The highest BCUT2D eigenvalue weighted by Gasteiger charge is 2.25. The molecule has 4 nitrogen and oxygen atoms in total. The second-order valence-electron chi connectivity index (χ2n) is 5.06. The Balaban J connectivity index is -0.000000171. The fraction of sp³-hybridized carbons (Fsp3) is 0.750. The van der Waals surface area contributed by atoms with E-state index >= 15 is 0 Å². The number of methoxy groups -OCH3 is 1. The lowest BCUT2D eigenvalue weighted by Gasteiger charge is -2.01. The zero-order chi connectivity index (χ0) is 22.8. The number of allylic oxidation sites excluding steroid dienone is 4. The van der Waals surface area contributed by atoms with Gasteiger partial charge in [0.2, 0.25) is 0 Å². The van der Waals surface area contributed by atoms with Crippen molar-refractivity contribution in [2.45, 2.75) is 73.1 Å². The molecule has 0 rings (SSSR count). The van der Waals surface area contributed by atoms with E-state index < -0.39 is 12.3 Å². The van der Waals surface area contributed by atoms with Gasteiger partial charge in [-0.25, -0.2) is 0 Å². The zero-order valence-electron chi connectivity index (χ0n) is 18.5. The van der Waals surface area contributed by atoms with Crippen molar-refractivity contribution in [3.63, 3.8) is 0 Å². The van der Waals surface area contributed by atoms with Crippen LogP contribution in [0.2, 0.25) is 0 Å². The van der Waals surface area contributed by atoms with E-state index in [2.05, 4.69) is 42.1 Å². The van der Waals surface area contributed by atoms with Gasteiger partial charge in [-0.15, -0.1) is 24.9 Å². The quantitative estimate of drug-likeness (QED) is 0.300. The molecule has 0 amide bonds. The predicted molar refractivity (Wildman–Crippen MR) is 116 cm³/mol. The van der Waals surface area contributed by atoms with E-state index in [-0.39, 0.29) is 0 Å². The van der Waals surface area contributed by atoms with Crippen LogP contribution in [0.4, 0.5) is 13.2 Å². The second kappa shape index (κ2) is 28.2. The number of rotatable bonds is 10. The van der Waals surface area contributed by atoms with Crippen molar-refractivity contribution in [1.82, 2.24) is 5.32 Å². The highest BCUT2D eigenvalue weighted by atomic mass is 32.2. The van der Waals surface area contributed by atoms with E-state index in [0.29, 0.717) is 13.5 Å². The normalized spacial score (nSPS) is 10.9. The molecule has 0 bridgehead atoms. The number of unbranched alkanes of at least 4 members (excludes halogenated alkanes) is 1. The Morgan fingerprint density at radius 3 is 2.11 bits per heavy atom. The van der Waals surface area contributed by atoms with Crippen LogP contribution in [0, 0.1) is 0 Å². The van der Waals surface area contributed by atoms with Crippen LogP contribution in [-0.4, -0.2) is 43.9 Å². The number of alkyl halides is 3. The summed E-state index contributed by atoms with van der Waals surface area (Å²) >= 11 is 1.97. The van der Waals surface area contributed by atoms with Crippen LogP contribution < -0.4 is 5.32 Å². The Bertz CT molecular complexity index is 374. The monoisotopic (exact) mass is 431 g/mol. The van der Waals surface area contributed by atoms with E-state index in [9.17, 15) is 18.0 Å². The summed E-state index contributed by atoms with van der Waals surface area (Å²) in [5, 5.41) is 11.1. The van der Waals surface area contributed by atoms with Crippen molar-refractivity contribution in [2.75, 3.05) is 26.5 Å². The Labute approximate surface area is 174 Å². The number of nitrogens with one attached hydrogen (secondary N) is 1. The average Bonchev–Trinajstić information content (AvgIpc) is 2.64. The molecule has 0 spiro atoms. The van der Waals surface area contributed by atoms with Gasteiger partial charge in [-0.05, 0) is 63.8 Å². The first-order valence-electron chi connectivity index (χ1n) is 9.53. The van der Waals surface area contributed by atoms with Crippen molar-refractivity contribution in [3.8, 4) is 0 Å². The summed E-state index contributed by atoms with van der Waals surface area (Å²) in [7, 11) is 2.59. The Hall–Kier alpha value is -0.990. The van der Waals surface area contributed by atoms with Crippen LogP contribution in [0.25, 0.3) is 0 Å². The van der Waals surface area contributed by atoms with Crippen LogP contribution in [0.5, 0.6) is 0 Å². The maximum Gasteiger partial charge on any atom is 0.522 e. The number of hydrogen-bond donors (Lipinski definition) is 2. The van der Waals surface area contributed by atoms with Gasteiger partial charge in [0.05, 0.1) is 0 Å². The summed E-state index contributed by atoms with van der Waals surface area (Å²) in [5.74, 6) is 0.518. The van der Waals surface area contributed by atoms with Gasteiger partial charge in [0.15, 0.2) is 0 Å². The summed E-state index contributed by atoms with van der Waals surface area (Å²) in [6, 6.07) is 0. The number of carbonyl (C=O) groups is 1. The van der Waals surface area contributed by atoms with Gasteiger partial charge in [0.1, 0.15) is 0 Å². The molecule has 0 unspecified atom stereocenters. The minimum atomic E-state index is -4.46. The number of carboxylic acid groups (broad SMARTS) is 1. The van der Waals surface area contributed by atoms with Crippen molar-refractivity contribution >= 4 is 17.7 Å². The lowest BCUT2D eigenvalue weighted by atomic mass is 10.3. The van der Waals surface area contributed by atoms with Crippen LogP contribution in [0.1, 0.15) is 66.7 Å². The molecule has 0 fully saturated rings. The number of aliphatic carboxylic acids is 1. The molecule has 28 heavy (non-hydrogen) atoms. The molecule has 0 aliphatic rings. The number of carboxylic acids is 1. The maximum absolute atomic E-state index is 10.6. The first kappa shape index (κ1) is 34.5. The van der Waals surface area contributed by atoms with Gasteiger partial charge in [-0.3, -0.25) is 9.53 Å². The molecule has 0 aromatic rings. The fourth-order valence-electron chi connectivity index (χ4n) is 1.30. The molecule has 0 saturated carbocycles. The molecule has 170 valence electrons. The number of ether oxygens (including phenoxy) is 1. The van der Waals surface area contributed by atoms with Gasteiger partial charge < -0.3 is 10.4 Å². The number of hydrogen-bond acceptors (Lipinski definition) is 4. The molecule has 0 heterocycles. The van der Waals surface area contributed by atoms with Crippen LogP contribution in [0.15, 0.2) is 23.1 Å². The van der Waals surface area contributed by atoms with E-state index in [1.54, 1.807) is 0 Å². The number of thioether (sulfide) groups is 1. The first-order valence-corrected chi connectivity index (χ1v) is 10.5. The first-order chi connectivity index (χ1) is 13.1. The summed E-state index contributed by atoms with van der Waals surface area (Å²) in [4.78, 5) is 11.1. The van der Waals surface area contributed by atoms with E-state index in [1.165, 1.54) is 29.9 Å². The molecule has 0 aliphatic heterocycles. The molecule has 0 atom stereocenters. The molecule has 0 radical (unpaired) electrons. The highest BCUT2D eigenvalue weighted by Crippen LogP contribution is 2.16. The second-order valence-corrected chi connectivity index (χ2v) is 6.40. The maximum atomic E-state index is 10.6. The molecular weight excluding hydrogens is 391 g/mol. The van der Waals surface area contributed by atoms with E-state index in [1.807, 2.05) is 39.6 Å². The average molecular weight is 432 g/mol. The third-order valence-electron chi connectivity index (χ3n) is 2.60. The topological polar surface area (TPSA) is 58.6 Å². The van der Waals surface area contributed by atoms with Gasteiger partial charge in [-0.2, -0.15) is 0 Å². The van der Waals surface area contributed by atoms with Crippen molar-refractivity contribution in [2.24, 2.45) is 0 Å². The van der Waals surface area contributed by atoms with Crippen molar-refractivity contribution < 1.29 is 27.8 Å². The van der Waals surface area contributed by atoms with Crippen LogP contribution in [-0.2, 0) is 9.53 Å². The highest BCUT2D eigenvalue weighted by molar-refractivity contribution is 8.03. The summed E-state index contributed by atoms with van der Waals surface area (Å²) in [5.41, 5.74) is 0. The minimum absolute atomic E-state index is 0.292. The molecule has 0 aromatic heterocycles. The Kier molecular flexibility index (Phi) is 34.8. The smallest absolute Gasteiger partial charge is 0.481 e. The molecule has 0 aromatic carbocycles. The van der Waals surface area contributed by atoms with Crippen LogP contribution >= 0.6 is 11.8 Å². The fourth-order valence-corrected chi connectivity index (χ4v) is 2.15. The molecule has 8 heteroatoms. The third kappa shape index (κ3) is 49.8.